The Morgan fingerprint density at radius 3 is 2.47 bits per heavy atom. The van der Waals surface area contributed by atoms with Gasteiger partial charge in [0.2, 0.25) is 0 Å². The molecule has 0 saturated carbocycles. The zero-order valence-electron chi connectivity index (χ0n) is 9.79. The molecule has 0 aromatic heterocycles. The van der Waals surface area contributed by atoms with Crippen LogP contribution in [0.15, 0.2) is 24.3 Å². The molecule has 3 N–H and O–H groups in total. The van der Waals surface area contributed by atoms with E-state index in [1.54, 1.807) is 0 Å². The van der Waals surface area contributed by atoms with Gasteiger partial charge in [-0.15, -0.1) is 0 Å². The van der Waals surface area contributed by atoms with E-state index < -0.39 is 0 Å². The van der Waals surface area contributed by atoms with Crippen LogP contribution in [0.2, 0.25) is 0 Å². The smallest absolute Gasteiger partial charge is 0.0314 e. The molecule has 0 radical (unpaired) electrons. The predicted molar refractivity (Wildman–Crippen MR) is 67.0 cm³/mol. The molecule has 1 unspecified atom stereocenters. The molecule has 84 valence electrons. The molecule has 1 atom stereocenters. The van der Waals surface area contributed by atoms with Crippen molar-refractivity contribution in [2.75, 3.05) is 18.8 Å². The number of rotatable bonds is 6. The number of nitrogen functional groups attached to an aromatic ring is 1. The van der Waals surface area contributed by atoms with E-state index in [-0.39, 0.29) is 0 Å². The standard InChI is InChI=1S/C13H22N2/c1-3-9-15-10-8-11(2)12-4-6-13(14)7-5-12/h4-7,11,15H,3,8-10,14H2,1-2H3. The molecule has 0 saturated heterocycles. The molecule has 0 aliphatic carbocycles. The molecule has 1 rings (SSSR count). The number of benzene rings is 1. The lowest BCUT2D eigenvalue weighted by Crippen LogP contribution is -2.17. The molecule has 0 heterocycles. The van der Waals surface area contributed by atoms with Crippen LogP contribution in [0.1, 0.15) is 38.2 Å². The largest absolute Gasteiger partial charge is 0.399 e. The minimum Gasteiger partial charge on any atom is -0.399 e. The summed E-state index contributed by atoms with van der Waals surface area (Å²) in [5.74, 6) is 0.606. The maximum absolute atomic E-state index is 5.65. The van der Waals surface area contributed by atoms with Crippen LogP contribution >= 0.6 is 0 Å². The molecule has 0 bridgehead atoms. The predicted octanol–water partition coefficient (Wildman–Crippen LogP) is 2.76. The fraction of sp³-hybridized carbons (Fsp3) is 0.538. The molecular weight excluding hydrogens is 184 g/mol. The third kappa shape index (κ3) is 4.34. The van der Waals surface area contributed by atoms with Gasteiger partial charge in [-0.3, -0.25) is 0 Å². The van der Waals surface area contributed by atoms with Gasteiger partial charge in [0.1, 0.15) is 0 Å². The van der Waals surface area contributed by atoms with Crippen molar-refractivity contribution < 1.29 is 0 Å². The van der Waals surface area contributed by atoms with Gasteiger partial charge in [-0.25, -0.2) is 0 Å². The second-order valence-corrected chi connectivity index (χ2v) is 4.11. The summed E-state index contributed by atoms with van der Waals surface area (Å²) >= 11 is 0. The number of anilines is 1. The van der Waals surface area contributed by atoms with E-state index in [1.807, 2.05) is 12.1 Å². The van der Waals surface area contributed by atoms with Crippen LogP contribution in [0.3, 0.4) is 0 Å². The fourth-order valence-electron chi connectivity index (χ4n) is 1.61. The first-order valence-corrected chi connectivity index (χ1v) is 5.80. The summed E-state index contributed by atoms with van der Waals surface area (Å²) in [6, 6.07) is 8.20. The second-order valence-electron chi connectivity index (χ2n) is 4.11. The molecule has 2 nitrogen and oxygen atoms in total. The van der Waals surface area contributed by atoms with E-state index in [0.29, 0.717) is 5.92 Å². The van der Waals surface area contributed by atoms with Gasteiger partial charge >= 0.3 is 0 Å². The van der Waals surface area contributed by atoms with Crippen LogP contribution < -0.4 is 11.1 Å². The van der Waals surface area contributed by atoms with Crippen LogP contribution in [-0.2, 0) is 0 Å². The molecule has 0 aliphatic rings. The molecule has 1 aromatic carbocycles. The number of nitrogens with one attached hydrogen (secondary N) is 1. The Kier molecular flexibility index (Phi) is 5.19. The Hall–Kier alpha value is -1.02. The SMILES string of the molecule is CCCNCCC(C)c1ccc(N)cc1. The summed E-state index contributed by atoms with van der Waals surface area (Å²) in [5.41, 5.74) is 7.87. The maximum Gasteiger partial charge on any atom is 0.0314 e. The molecule has 0 aliphatic heterocycles. The highest BCUT2D eigenvalue weighted by Gasteiger charge is 2.04. The number of nitrogens with two attached hydrogens (primary N) is 1. The topological polar surface area (TPSA) is 38.0 Å². The normalized spacial score (nSPS) is 12.7. The van der Waals surface area contributed by atoms with Crippen molar-refractivity contribution in [3.05, 3.63) is 29.8 Å². The molecular formula is C13H22N2. The van der Waals surface area contributed by atoms with Gasteiger partial charge in [0.25, 0.3) is 0 Å². The first kappa shape index (κ1) is 12.1. The van der Waals surface area contributed by atoms with Gasteiger partial charge in [0.15, 0.2) is 0 Å². The van der Waals surface area contributed by atoms with Crippen molar-refractivity contribution in [2.45, 2.75) is 32.6 Å². The average molecular weight is 206 g/mol. The van der Waals surface area contributed by atoms with Crippen LogP contribution in [0.4, 0.5) is 5.69 Å². The highest BCUT2D eigenvalue weighted by molar-refractivity contribution is 5.40. The minimum atomic E-state index is 0.606. The Balaban J connectivity index is 2.33. The maximum atomic E-state index is 5.65. The van der Waals surface area contributed by atoms with Gasteiger partial charge in [0.05, 0.1) is 0 Å². The monoisotopic (exact) mass is 206 g/mol. The molecule has 15 heavy (non-hydrogen) atoms. The van der Waals surface area contributed by atoms with Crippen molar-refractivity contribution in [2.24, 2.45) is 0 Å². The van der Waals surface area contributed by atoms with Crippen molar-refractivity contribution >= 4 is 5.69 Å². The van der Waals surface area contributed by atoms with E-state index in [4.69, 9.17) is 5.73 Å². The Morgan fingerprint density at radius 1 is 1.20 bits per heavy atom. The van der Waals surface area contributed by atoms with Gasteiger partial charge < -0.3 is 11.1 Å². The Labute approximate surface area is 92.9 Å². The second kappa shape index (κ2) is 6.46. The first-order chi connectivity index (χ1) is 7.24. The average Bonchev–Trinajstić information content (AvgIpc) is 2.25. The summed E-state index contributed by atoms with van der Waals surface area (Å²) in [7, 11) is 0. The summed E-state index contributed by atoms with van der Waals surface area (Å²) < 4.78 is 0. The minimum absolute atomic E-state index is 0.606. The highest BCUT2D eigenvalue weighted by Crippen LogP contribution is 2.19. The summed E-state index contributed by atoms with van der Waals surface area (Å²) in [5, 5.41) is 3.42. The third-order valence-electron chi connectivity index (χ3n) is 2.69. The van der Waals surface area contributed by atoms with E-state index in [1.165, 1.54) is 18.4 Å². The zero-order chi connectivity index (χ0) is 11.1. The van der Waals surface area contributed by atoms with E-state index in [0.717, 1.165) is 18.8 Å². The quantitative estimate of drug-likeness (QED) is 0.555. The summed E-state index contributed by atoms with van der Waals surface area (Å²) in [4.78, 5) is 0. The van der Waals surface area contributed by atoms with Gasteiger partial charge in [-0.2, -0.15) is 0 Å². The van der Waals surface area contributed by atoms with E-state index in [2.05, 4.69) is 31.3 Å². The number of hydrogen-bond donors (Lipinski definition) is 2. The van der Waals surface area contributed by atoms with Crippen molar-refractivity contribution in [3.8, 4) is 0 Å². The lowest BCUT2D eigenvalue weighted by atomic mass is 9.98. The highest BCUT2D eigenvalue weighted by atomic mass is 14.8. The van der Waals surface area contributed by atoms with Crippen LogP contribution in [0, 0.1) is 0 Å². The molecule has 0 spiro atoms. The van der Waals surface area contributed by atoms with Crippen molar-refractivity contribution in [3.63, 3.8) is 0 Å². The fourth-order valence-corrected chi connectivity index (χ4v) is 1.61. The van der Waals surface area contributed by atoms with Gasteiger partial charge in [-0.1, -0.05) is 26.0 Å². The van der Waals surface area contributed by atoms with Gasteiger partial charge in [0, 0.05) is 5.69 Å². The molecule has 1 aromatic rings. The molecule has 2 heteroatoms. The Bertz CT molecular complexity index is 266. The summed E-state index contributed by atoms with van der Waals surface area (Å²) in [6.07, 6.45) is 2.39. The lowest BCUT2D eigenvalue weighted by molar-refractivity contribution is 0.591. The number of hydrogen-bond acceptors (Lipinski definition) is 2. The summed E-state index contributed by atoms with van der Waals surface area (Å²) in [6.45, 7) is 6.67. The first-order valence-electron chi connectivity index (χ1n) is 5.80. The molecule has 0 amide bonds. The molecule has 0 fully saturated rings. The van der Waals surface area contributed by atoms with Gasteiger partial charge in [-0.05, 0) is 49.5 Å². The van der Waals surface area contributed by atoms with Crippen molar-refractivity contribution in [1.82, 2.24) is 5.32 Å². The van der Waals surface area contributed by atoms with Crippen LogP contribution in [-0.4, -0.2) is 13.1 Å². The third-order valence-corrected chi connectivity index (χ3v) is 2.69. The zero-order valence-corrected chi connectivity index (χ0v) is 9.79. The lowest BCUT2D eigenvalue weighted by Gasteiger charge is -2.12. The van der Waals surface area contributed by atoms with Crippen molar-refractivity contribution in [1.29, 1.82) is 0 Å². The van der Waals surface area contributed by atoms with Crippen LogP contribution in [0.5, 0.6) is 0 Å². The Morgan fingerprint density at radius 2 is 1.87 bits per heavy atom. The van der Waals surface area contributed by atoms with E-state index in [9.17, 15) is 0 Å². The van der Waals surface area contributed by atoms with E-state index >= 15 is 0 Å². The van der Waals surface area contributed by atoms with Crippen LogP contribution in [0.25, 0.3) is 0 Å².